The molecule has 1 aromatic carbocycles. The van der Waals surface area contributed by atoms with Crippen molar-refractivity contribution in [2.45, 2.75) is 0 Å². The minimum absolute atomic E-state index is 0.358. The van der Waals surface area contributed by atoms with Crippen LogP contribution in [0.25, 0.3) is 16.5 Å². The quantitative estimate of drug-likeness (QED) is 0.680. The molecule has 0 spiro atoms. The van der Waals surface area contributed by atoms with Crippen molar-refractivity contribution in [1.29, 1.82) is 0 Å². The molecule has 1 aromatic heterocycles. The van der Waals surface area contributed by atoms with E-state index in [4.69, 9.17) is 4.74 Å². The molecule has 0 unspecified atom stereocenters. The lowest BCUT2D eigenvalue weighted by atomic mass is 10.1. The van der Waals surface area contributed by atoms with Crippen LogP contribution in [-0.4, -0.2) is 24.2 Å². The minimum atomic E-state index is -0.386. The lowest BCUT2D eigenvalue weighted by Crippen LogP contribution is -2.17. The summed E-state index contributed by atoms with van der Waals surface area (Å²) < 4.78 is 4.72. The summed E-state index contributed by atoms with van der Waals surface area (Å²) in [6.45, 7) is 0. The molecule has 5 nitrogen and oxygen atoms in total. The Bertz CT molecular complexity index is 838. The van der Waals surface area contributed by atoms with Crippen molar-refractivity contribution in [2.24, 2.45) is 0 Å². The van der Waals surface area contributed by atoms with Crippen LogP contribution in [0.1, 0.15) is 15.2 Å². The van der Waals surface area contributed by atoms with E-state index in [1.54, 1.807) is 24.3 Å². The molecule has 2 amide bonds. The van der Waals surface area contributed by atoms with Crippen LogP contribution < -0.4 is 5.32 Å². The largest absolute Gasteiger partial charge is 0.465 e. The molecule has 0 atom stereocenters. The van der Waals surface area contributed by atoms with E-state index < -0.39 is 0 Å². The van der Waals surface area contributed by atoms with Crippen LogP contribution in [0, 0.1) is 0 Å². The van der Waals surface area contributed by atoms with Gasteiger partial charge in [0.05, 0.1) is 17.6 Å². The van der Waals surface area contributed by atoms with Gasteiger partial charge in [-0.05, 0) is 47.7 Å². The molecule has 1 N–H and O–H groups in total. The van der Waals surface area contributed by atoms with Crippen LogP contribution in [0.3, 0.4) is 0 Å². The van der Waals surface area contributed by atoms with Gasteiger partial charge in [0.15, 0.2) is 0 Å². The second-order valence-electron chi connectivity index (χ2n) is 4.63. The van der Waals surface area contributed by atoms with Crippen LogP contribution in [0.15, 0.2) is 41.3 Å². The number of thioether (sulfide) groups is 1. The molecule has 116 valence electrons. The highest BCUT2D eigenvalue weighted by Gasteiger charge is 2.25. The van der Waals surface area contributed by atoms with E-state index in [-0.39, 0.29) is 17.1 Å². The molecule has 7 heteroatoms. The number of amides is 2. The van der Waals surface area contributed by atoms with Crippen LogP contribution in [0.2, 0.25) is 0 Å². The minimum Gasteiger partial charge on any atom is -0.465 e. The number of ether oxygens (including phenoxy) is 1. The standard InChI is InChI=1S/C16H11NO4S2/c1-21-15(19)10-4-2-3-9(7-10)12-6-5-11(22-12)8-13-14(18)17-16(20)23-13/h2-8H,1H3,(H,17,18,20)/b13-8+. The Hall–Kier alpha value is -2.38. The van der Waals surface area contributed by atoms with Gasteiger partial charge in [-0.25, -0.2) is 4.79 Å². The second-order valence-corrected chi connectivity index (χ2v) is 6.76. The Labute approximate surface area is 140 Å². The van der Waals surface area contributed by atoms with E-state index in [2.05, 4.69) is 5.32 Å². The molecule has 1 aliphatic heterocycles. The van der Waals surface area contributed by atoms with E-state index in [9.17, 15) is 14.4 Å². The molecule has 23 heavy (non-hydrogen) atoms. The van der Waals surface area contributed by atoms with Crippen LogP contribution >= 0.6 is 23.1 Å². The summed E-state index contributed by atoms with van der Waals surface area (Å²) in [6.07, 6.45) is 1.68. The van der Waals surface area contributed by atoms with Gasteiger partial charge in [-0.15, -0.1) is 11.3 Å². The van der Waals surface area contributed by atoms with E-state index in [0.717, 1.165) is 27.1 Å². The number of rotatable bonds is 3. The molecule has 0 bridgehead atoms. The summed E-state index contributed by atoms with van der Waals surface area (Å²) in [5.41, 5.74) is 1.37. The topological polar surface area (TPSA) is 72.5 Å². The molecular formula is C16H11NO4S2. The monoisotopic (exact) mass is 345 g/mol. The summed E-state index contributed by atoms with van der Waals surface area (Å²) in [4.78, 5) is 36.5. The van der Waals surface area contributed by atoms with Crippen LogP contribution in [-0.2, 0) is 9.53 Å². The zero-order valence-electron chi connectivity index (χ0n) is 12.0. The van der Waals surface area contributed by atoms with E-state index >= 15 is 0 Å². The van der Waals surface area contributed by atoms with Crippen molar-refractivity contribution >= 4 is 46.3 Å². The average Bonchev–Trinajstić information content (AvgIpc) is 3.14. The van der Waals surface area contributed by atoms with Crippen molar-refractivity contribution in [3.8, 4) is 10.4 Å². The average molecular weight is 345 g/mol. The van der Waals surface area contributed by atoms with Gasteiger partial charge in [0.1, 0.15) is 0 Å². The number of thiophene rings is 1. The first kappa shape index (κ1) is 15.5. The number of methoxy groups -OCH3 is 1. The third kappa shape index (κ3) is 3.35. The summed E-state index contributed by atoms with van der Waals surface area (Å²) in [7, 11) is 1.34. The van der Waals surface area contributed by atoms with E-state index in [1.807, 2.05) is 18.2 Å². The normalized spacial score (nSPS) is 15.8. The summed E-state index contributed by atoms with van der Waals surface area (Å²) in [5, 5.41) is 1.86. The number of esters is 1. The van der Waals surface area contributed by atoms with Crippen molar-refractivity contribution in [3.63, 3.8) is 0 Å². The Morgan fingerprint density at radius 3 is 2.74 bits per heavy atom. The molecule has 2 aromatic rings. The predicted molar refractivity (Wildman–Crippen MR) is 90.2 cm³/mol. The summed E-state index contributed by atoms with van der Waals surface area (Å²) >= 11 is 2.36. The maximum absolute atomic E-state index is 11.6. The van der Waals surface area contributed by atoms with Gasteiger partial charge in [-0.2, -0.15) is 0 Å². The van der Waals surface area contributed by atoms with Crippen molar-refractivity contribution in [1.82, 2.24) is 5.32 Å². The fourth-order valence-corrected chi connectivity index (χ4v) is 3.75. The Morgan fingerprint density at radius 1 is 1.22 bits per heavy atom. The Balaban J connectivity index is 1.88. The fourth-order valence-electron chi connectivity index (χ4n) is 2.05. The van der Waals surface area contributed by atoms with Gasteiger partial charge in [0.2, 0.25) is 0 Å². The summed E-state index contributed by atoms with van der Waals surface area (Å²) in [6, 6.07) is 10.9. The van der Waals surface area contributed by atoms with Gasteiger partial charge in [0, 0.05) is 9.75 Å². The van der Waals surface area contributed by atoms with Crippen LogP contribution in [0.4, 0.5) is 4.79 Å². The molecule has 0 saturated carbocycles. The molecule has 1 aliphatic rings. The lowest BCUT2D eigenvalue weighted by Gasteiger charge is -2.01. The van der Waals surface area contributed by atoms with Crippen LogP contribution in [0.5, 0.6) is 0 Å². The third-order valence-corrected chi connectivity index (χ3v) is 5.00. The number of imide groups is 1. The highest BCUT2D eigenvalue weighted by molar-refractivity contribution is 8.18. The zero-order chi connectivity index (χ0) is 16.4. The molecule has 1 fully saturated rings. The highest BCUT2D eigenvalue weighted by Crippen LogP contribution is 2.32. The maximum Gasteiger partial charge on any atom is 0.337 e. The molecular weight excluding hydrogens is 334 g/mol. The SMILES string of the molecule is COC(=O)c1cccc(-c2ccc(/C=C3/SC(=O)NC3=O)s2)c1. The number of hydrogen-bond donors (Lipinski definition) is 1. The van der Waals surface area contributed by atoms with Gasteiger partial charge >= 0.3 is 5.97 Å². The predicted octanol–water partition coefficient (Wildman–Crippen LogP) is 3.53. The van der Waals surface area contributed by atoms with Crippen molar-refractivity contribution in [3.05, 3.63) is 51.7 Å². The maximum atomic E-state index is 11.6. The van der Waals surface area contributed by atoms with E-state index in [0.29, 0.717) is 10.5 Å². The first-order chi connectivity index (χ1) is 11.1. The zero-order valence-corrected chi connectivity index (χ0v) is 13.6. The Kier molecular flexibility index (Phi) is 4.31. The highest BCUT2D eigenvalue weighted by atomic mass is 32.2. The molecule has 0 aliphatic carbocycles. The first-order valence-corrected chi connectivity index (χ1v) is 8.23. The number of benzene rings is 1. The number of carbonyl (C=O) groups is 3. The molecule has 2 heterocycles. The first-order valence-electron chi connectivity index (χ1n) is 6.60. The number of hydrogen-bond acceptors (Lipinski definition) is 6. The number of carbonyl (C=O) groups excluding carboxylic acids is 3. The Morgan fingerprint density at radius 2 is 2.04 bits per heavy atom. The number of nitrogens with one attached hydrogen (secondary N) is 1. The third-order valence-electron chi connectivity index (χ3n) is 3.11. The fraction of sp³-hybridized carbons (Fsp3) is 0.0625. The van der Waals surface area contributed by atoms with Crippen molar-refractivity contribution in [2.75, 3.05) is 7.11 Å². The van der Waals surface area contributed by atoms with Gasteiger partial charge < -0.3 is 4.74 Å². The van der Waals surface area contributed by atoms with Crippen molar-refractivity contribution < 1.29 is 19.1 Å². The smallest absolute Gasteiger partial charge is 0.337 e. The van der Waals surface area contributed by atoms with E-state index in [1.165, 1.54) is 18.4 Å². The lowest BCUT2D eigenvalue weighted by molar-refractivity contribution is -0.115. The van der Waals surface area contributed by atoms with Gasteiger partial charge in [0.25, 0.3) is 11.1 Å². The second kappa shape index (κ2) is 6.39. The molecule has 1 saturated heterocycles. The molecule has 0 radical (unpaired) electrons. The van der Waals surface area contributed by atoms with Gasteiger partial charge in [-0.3, -0.25) is 14.9 Å². The molecule has 3 rings (SSSR count). The van der Waals surface area contributed by atoms with Gasteiger partial charge in [-0.1, -0.05) is 12.1 Å². The summed E-state index contributed by atoms with van der Waals surface area (Å²) in [5.74, 6) is -0.758.